The fourth-order valence-electron chi connectivity index (χ4n) is 8.51. The number of benzene rings is 6. The Morgan fingerprint density at radius 2 is 0.638 bits per heavy atom. The fourth-order valence-corrected chi connectivity index (χ4v) is 8.51. The van der Waals surface area contributed by atoms with Gasteiger partial charge in [0.15, 0.2) is 0 Å². The molecular weight excluding hydrogens is 938 g/mol. The summed E-state index contributed by atoms with van der Waals surface area (Å²) < 4.78 is 0. The molecule has 69 heavy (non-hydrogen) atoms. The Hall–Kier alpha value is -8.65. The number of carboxylic acids is 1. The maximum absolute atomic E-state index is 10.8. The van der Waals surface area contributed by atoms with Gasteiger partial charge in [-0.15, -0.1) is 0 Å². The van der Waals surface area contributed by atoms with Crippen molar-refractivity contribution in [1.29, 1.82) is 0 Å². The van der Waals surface area contributed by atoms with Crippen molar-refractivity contribution < 1.29 is 29.4 Å². The van der Waals surface area contributed by atoms with E-state index in [9.17, 15) is 4.79 Å². The molecule has 0 spiro atoms. The van der Waals surface area contributed by atoms with E-state index >= 15 is 0 Å². The molecule has 12 aromatic rings. The number of nitrogens with zero attached hydrogens (tertiary/aromatic N) is 6. The van der Waals surface area contributed by atoms with Crippen LogP contribution < -0.4 is 0 Å². The van der Waals surface area contributed by atoms with Gasteiger partial charge in [0, 0.05) is 58.7 Å². The van der Waals surface area contributed by atoms with Crippen molar-refractivity contribution in [1.82, 2.24) is 29.9 Å². The zero-order chi connectivity index (χ0) is 46.2. The first-order valence-electron chi connectivity index (χ1n) is 22.2. The monoisotopic (exact) mass is 980 g/mol. The third-order valence-electron chi connectivity index (χ3n) is 11.8. The van der Waals surface area contributed by atoms with Crippen LogP contribution in [0.5, 0.6) is 0 Å². The smallest absolute Gasteiger partial charge is 0.478 e. The van der Waals surface area contributed by atoms with Crippen LogP contribution >= 0.6 is 0 Å². The number of aryl methyl sites for hydroxylation is 1. The van der Waals surface area contributed by atoms with E-state index in [1.54, 1.807) is 6.20 Å². The second-order valence-electron chi connectivity index (χ2n) is 16.1. The molecule has 0 unspecified atom stereocenters. The number of rotatable bonds is 6. The summed E-state index contributed by atoms with van der Waals surface area (Å²) in [5, 5.41) is 13.4. The zero-order valence-corrected chi connectivity index (χ0v) is 39.1. The summed E-state index contributed by atoms with van der Waals surface area (Å²) in [4.78, 5) is 37.7. The van der Waals surface area contributed by atoms with Crippen molar-refractivity contribution in [3.63, 3.8) is 0 Å². The largest absolute Gasteiger partial charge is 2.00 e. The summed E-state index contributed by atoms with van der Waals surface area (Å²) in [6.07, 6.45) is 10.7. The van der Waals surface area contributed by atoms with Gasteiger partial charge in [0.2, 0.25) is 0 Å². The van der Waals surface area contributed by atoms with Crippen molar-refractivity contribution in [2.24, 2.45) is 0 Å². The zero-order valence-electron chi connectivity index (χ0n) is 37.3. The Bertz CT molecular complexity index is 3330. The molecule has 0 atom stereocenters. The minimum atomic E-state index is -0.962. The average Bonchev–Trinajstić information content (AvgIpc) is 3.41. The molecule has 0 bridgehead atoms. The van der Waals surface area contributed by atoms with Gasteiger partial charge in [0.05, 0.1) is 39.0 Å². The van der Waals surface area contributed by atoms with Crippen molar-refractivity contribution in [2.45, 2.75) is 6.92 Å². The van der Waals surface area contributed by atoms with Crippen LogP contribution in [0.2, 0.25) is 0 Å². The number of hydrogen-bond donors (Lipinski definition) is 1. The number of hydrogen-bond acceptors (Lipinski definition) is 7. The molecule has 0 aliphatic carbocycles. The van der Waals surface area contributed by atoms with Crippen LogP contribution in [0, 0.1) is 6.92 Å². The molecule has 8 nitrogen and oxygen atoms in total. The Morgan fingerprint density at radius 1 is 0.348 bits per heavy atom. The van der Waals surface area contributed by atoms with Gasteiger partial charge in [-0.3, -0.25) is 29.9 Å². The Kier molecular flexibility index (Phi) is 13.8. The minimum absolute atomic E-state index is 0. The quantitative estimate of drug-likeness (QED) is 0.129. The average molecular weight is 980 g/mol. The van der Waals surface area contributed by atoms with Crippen LogP contribution in [0.1, 0.15) is 15.9 Å². The first-order chi connectivity index (χ1) is 33.5. The summed E-state index contributed by atoms with van der Waals surface area (Å²) in [5.74, 6) is -0.962. The van der Waals surface area contributed by atoms with Gasteiger partial charge in [0.1, 0.15) is 0 Å². The summed E-state index contributed by atoms with van der Waals surface area (Å²) >= 11 is 0. The third-order valence-corrected chi connectivity index (χ3v) is 11.8. The van der Waals surface area contributed by atoms with Crippen molar-refractivity contribution in [2.75, 3.05) is 0 Å². The van der Waals surface area contributed by atoms with Gasteiger partial charge in [-0.25, -0.2) is 4.79 Å². The van der Waals surface area contributed by atoms with Crippen LogP contribution in [0.25, 0.3) is 99.5 Å². The van der Waals surface area contributed by atoms with Gasteiger partial charge in [-0.05, 0) is 106 Å². The molecule has 0 aliphatic rings. The van der Waals surface area contributed by atoms with E-state index in [0.717, 1.165) is 49.2 Å². The molecule has 1 N–H and O–H groups in total. The topological polar surface area (TPSA) is 115 Å². The first-order valence-corrected chi connectivity index (χ1v) is 22.2. The number of pyridine rings is 6. The van der Waals surface area contributed by atoms with E-state index in [-0.39, 0.29) is 25.0 Å². The number of carbonyl (C=O) groups is 1. The Balaban J connectivity index is 0.000000132. The van der Waals surface area contributed by atoms with E-state index in [4.69, 9.17) is 5.11 Å². The maximum atomic E-state index is 10.8. The summed E-state index contributed by atoms with van der Waals surface area (Å²) in [7, 11) is 0. The van der Waals surface area contributed by atoms with Crippen LogP contribution in [0.3, 0.4) is 0 Å². The van der Waals surface area contributed by atoms with Crippen LogP contribution in [-0.2, 0) is 19.5 Å². The Morgan fingerprint density at radius 3 is 0.942 bits per heavy atom. The van der Waals surface area contributed by atoms with Gasteiger partial charge < -0.3 is 5.11 Å². The minimum Gasteiger partial charge on any atom is -0.478 e. The number of aromatic carboxylic acids is 1. The summed E-state index contributed by atoms with van der Waals surface area (Å²) in [6.45, 7) is 1.95. The number of fused-ring (bicyclic) bond motifs is 6. The van der Waals surface area contributed by atoms with E-state index in [1.165, 1.54) is 62.8 Å². The van der Waals surface area contributed by atoms with Crippen molar-refractivity contribution >= 4 is 49.6 Å². The number of carboxylic acid groups (broad SMARTS) is 1. The first kappa shape index (κ1) is 45.5. The molecule has 0 amide bonds. The van der Waals surface area contributed by atoms with Gasteiger partial charge in [0.25, 0.3) is 0 Å². The molecule has 0 fully saturated rings. The molecule has 0 aliphatic heterocycles. The molecule has 6 heterocycles. The maximum Gasteiger partial charge on any atom is 2.00 e. The van der Waals surface area contributed by atoms with Crippen LogP contribution in [-0.4, -0.2) is 41.0 Å². The van der Waals surface area contributed by atoms with E-state index in [0.29, 0.717) is 11.4 Å². The standard InChI is InChI=1S/2C24H16N2.C12H10N2O2.Ru/c2*1-3-7-17(8-4-1)19-13-15-25-23-21(19)11-12-22-20(14-16-26-24(22)23)18-9-5-2-6-10-18;1-8-2-4-13-10(6-8)11-7-9(12(15)16)3-5-14-11;/h2*1-16H;2-7H,1H3,(H,15,16);/q;;;+2. The molecule has 330 valence electrons. The molecule has 0 saturated carbocycles. The van der Waals surface area contributed by atoms with Gasteiger partial charge in [-0.1, -0.05) is 146 Å². The van der Waals surface area contributed by atoms with E-state index in [2.05, 4.69) is 175 Å². The van der Waals surface area contributed by atoms with E-state index in [1.807, 2.05) is 68.1 Å². The molecule has 0 saturated heterocycles. The summed E-state index contributed by atoms with van der Waals surface area (Å²) in [5.41, 5.74) is 15.8. The third kappa shape index (κ3) is 9.77. The van der Waals surface area contributed by atoms with Crippen LogP contribution in [0.4, 0.5) is 0 Å². The molecular formula is C60H42N6O2Ru+2. The molecule has 6 aromatic heterocycles. The Labute approximate surface area is 411 Å². The van der Waals surface area contributed by atoms with Crippen molar-refractivity contribution in [3.05, 3.63) is 242 Å². The SMILES string of the molecule is Cc1ccnc(-c2cc(C(=O)O)ccn2)c1.[Ru+2].c1ccc(-c2ccnc3c2ccc2c(-c4ccccc4)ccnc23)cc1.c1ccc(-c2ccnc3c2ccc2c(-c4ccccc4)ccnc23)cc1. The predicted molar refractivity (Wildman–Crippen MR) is 275 cm³/mol. The van der Waals surface area contributed by atoms with Crippen molar-refractivity contribution in [3.8, 4) is 55.9 Å². The number of aromatic nitrogens is 6. The normalized spacial score (nSPS) is 10.7. The second kappa shape index (κ2) is 20.9. The fraction of sp³-hybridized carbons (Fsp3) is 0.0167. The molecule has 6 aromatic carbocycles. The van der Waals surface area contributed by atoms with Crippen LogP contribution in [0.15, 0.2) is 231 Å². The van der Waals surface area contributed by atoms with E-state index < -0.39 is 5.97 Å². The molecule has 0 radical (unpaired) electrons. The molecule has 9 heteroatoms. The van der Waals surface area contributed by atoms with Gasteiger partial charge >= 0.3 is 25.4 Å². The predicted octanol–water partition coefficient (Wildman–Crippen LogP) is 14.4. The summed E-state index contributed by atoms with van der Waals surface area (Å²) in [6, 6.07) is 65.4. The second-order valence-corrected chi connectivity index (χ2v) is 16.1. The van der Waals surface area contributed by atoms with Gasteiger partial charge in [-0.2, -0.15) is 0 Å². The molecule has 12 rings (SSSR count).